The van der Waals surface area contributed by atoms with Gasteiger partial charge in [0.05, 0.1) is 0 Å². The Bertz CT molecular complexity index is 249. The third-order valence-electron chi connectivity index (χ3n) is 1.96. The van der Waals surface area contributed by atoms with E-state index in [9.17, 15) is 13.6 Å². The number of nitrogens with zero attached hydrogens (tertiary/aromatic N) is 1. The van der Waals surface area contributed by atoms with Gasteiger partial charge in [-0.25, -0.2) is 20.1 Å². The second kappa shape index (κ2) is 6.84. The quantitative estimate of drug-likeness (QED) is 0.457. The number of alkyl halides is 2. The number of hydrogen-bond donors (Lipinski definition) is 0. The first-order chi connectivity index (χ1) is 6.70. The average molecular weight is 321 g/mol. The van der Waals surface area contributed by atoms with E-state index in [4.69, 9.17) is 4.74 Å². The monoisotopic (exact) mass is 319 g/mol. The molecule has 0 aromatic heterocycles. The van der Waals surface area contributed by atoms with Gasteiger partial charge in [-0.05, 0) is 27.3 Å². The number of carbonyl (C=O) groups is 1. The van der Waals surface area contributed by atoms with Gasteiger partial charge in [0.15, 0.2) is 0 Å². The molecule has 0 aromatic rings. The largest absolute Gasteiger partial charge is 2.00 e. The van der Waals surface area contributed by atoms with Crippen LogP contribution in [0, 0.1) is 6.54 Å². The van der Waals surface area contributed by atoms with E-state index in [1.807, 2.05) is 0 Å². The Morgan fingerprint density at radius 2 is 1.94 bits per heavy atom. The van der Waals surface area contributed by atoms with E-state index in [0.717, 1.165) is 0 Å². The van der Waals surface area contributed by atoms with Gasteiger partial charge < -0.3 is 22.0 Å². The van der Waals surface area contributed by atoms with Crippen molar-refractivity contribution < 1.29 is 50.2 Å². The molecule has 1 aliphatic heterocycles. The molecular weight excluding hydrogens is 305 g/mol. The molecule has 0 aliphatic carbocycles. The van der Waals surface area contributed by atoms with Gasteiger partial charge in [0.1, 0.15) is 5.60 Å². The number of amides is 1. The number of piperidine rings is 1. The predicted octanol–water partition coefficient (Wildman–Crippen LogP) is -0.184. The Labute approximate surface area is 119 Å². The summed E-state index contributed by atoms with van der Waals surface area (Å²) in [5, 5.41) is 0. The van der Waals surface area contributed by atoms with Crippen molar-refractivity contribution in [1.29, 1.82) is 0 Å². The Balaban J connectivity index is 0. The maximum Gasteiger partial charge on any atom is 2.00 e. The fraction of sp³-hybridized carbons (Fsp3) is 0.800. The summed E-state index contributed by atoms with van der Waals surface area (Å²) in [5.41, 5.74) is -0.592. The normalized spacial score (nSPS) is 18.8. The van der Waals surface area contributed by atoms with Gasteiger partial charge in [0.25, 0.3) is 0 Å². The van der Waals surface area contributed by atoms with Crippen LogP contribution in [0.25, 0.3) is 0 Å². The maximum absolute atomic E-state index is 12.8. The van der Waals surface area contributed by atoms with Gasteiger partial charge in [-0.2, -0.15) is 0 Å². The van der Waals surface area contributed by atoms with Crippen molar-refractivity contribution in [2.75, 3.05) is 6.54 Å². The third kappa shape index (κ3) is 7.15. The van der Waals surface area contributed by atoms with Crippen LogP contribution in [0.5, 0.6) is 0 Å². The van der Waals surface area contributed by atoms with Gasteiger partial charge in [0, 0.05) is 6.42 Å². The summed E-state index contributed by atoms with van der Waals surface area (Å²) in [4.78, 5) is 12.7. The van der Waals surface area contributed by atoms with E-state index in [1.165, 1.54) is 11.4 Å². The Hall–Kier alpha value is 0.0434. The van der Waals surface area contributed by atoms with E-state index in [2.05, 4.69) is 0 Å². The van der Waals surface area contributed by atoms with Crippen LogP contribution in [0.4, 0.5) is 13.6 Å². The van der Waals surface area contributed by atoms with Crippen LogP contribution >= 0.6 is 0 Å². The fourth-order valence-electron chi connectivity index (χ4n) is 1.21. The van der Waals surface area contributed by atoms with E-state index in [0.29, 0.717) is 0 Å². The molecule has 0 unspecified atom stereocenters. The standard InChI is InChI=1S/C10H16F2NO2.ClH.Zn/c1-9(2,3)15-8(14)13-6-4-10(11,12)5-7-13;;/h6H,4-5,7H2,1-3H3;1H;/q-1;;+2/p-1. The molecule has 0 saturated carbocycles. The number of halogens is 3. The van der Waals surface area contributed by atoms with Crippen molar-refractivity contribution in [1.82, 2.24) is 4.90 Å². The first kappa shape index (κ1) is 19.4. The van der Waals surface area contributed by atoms with Gasteiger partial charge >= 0.3 is 25.6 Å². The minimum atomic E-state index is -2.68. The molecule has 1 fully saturated rings. The number of ether oxygens (including phenoxy) is 1. The van der Waals surface area contributed by atoms with E-state index in [1.54, 1.807) is 20.8 Å². The molecule has 96 valence electrons. The van der Waals surface area contributed by atoms with Gasteiger partial charge in [-0.1, -0.05) is 6.42 Å². The van der Waals surface area contributed by atoms with Crippen molar-refractivity contribution >= 4 is 6.09 Å². The number of likely N-dealkylation sites (tertiary alicyclic amines) is 1. The molecule has 0 bridgehead atoms. The van der Waals surface area contributed by atoms with Crippen molar-refractivity contribution in [3.63, 3.8) is 0 Å². The molecule has 7 heteroatoms. The summed E-state index contributed by atoms with van der Waals surface area (Å²) in [6.45, 7) is 6.44. The summed E-state index contributed by atoms with van der Waals surface area (Å²) >= 11 is 0. The molecule has 0 N–H and O–H groups in total. The zero-order valence-electron chi connectivity index (χ0n) is 10.3. The van der Waals surface area contributed by atoms with Crippen molar-refractivity contribution in [2.24, 2.45) is 0 Å². The zero-order chi connectivity index (χ0) is 11.7. The Kier molecular flexibility index (Phi) is 7.80. The molecule has 1 saturated heterocycles. The average Bonchev–Trinajstić information content (AvgIpc) is 2.00. The number of rotatable bonds is 0. The van der Waals surface area contributed by atoms with Crippen LogP contribution in [-0.4, -0.2) is 29.1 Å². The van der Waals surface area contributed by atoms with E-state index >= 15 is 0 Å². The molecule has 17 heavy (non-hydrogen) atoms. The van der Waals surface area contributed by atoms with Crippen molar-refractivity contribution in [3.8, 4) is 0 Å². The molecule has 0 atom stereocenters. The van der Waals surface area contributed by atoms with Crippen molar-refractivity contribution in [3.05, 3.63) is 6.54 Å². The summed E-state index contributed by atoms with van der Waals surface area (Å²) in [6.07, 6.45) is -1.26. The Morgan fingerprint density at radius 3 is 2.29 bits per heavy atom. The number of carbonyl (C=O) groups excluding carboxylic acids is 1. The third-order valence-corrected chi connectivity index (χ3v) is 1.96. The molecule has 1 heterocycles. The Morgan fingerprint density at radius 1 is 1.41 bits per heavy atom. The fourth-order valence-corrected chi connectivity index (χ4v) is 1.21. The van der Waals surface area contributed by atoms with Crippen LogP contribution in [-0.2, 0) is 24.2 Å². The zero-order valence-corrected chi connectivity index (χ0v) is 14.0. The minimum absolute atomic E-state index is 0. The molecule has 1 amide bonds. The topological polar surface area (TPSA) is 29.5 Å². The summed E-state index contributed by atoms with van der Waals surface area (Å²) in [6, 6.07) is 0. The predicted molar refractivity (Wildman–Crippen MR) is 51.4 cm³/mol. The van der Waals surface area contributed by atoms with Gasteiger partial charge in [-0.15, -0.1) is 0 Å². The smallest absolute Gasteiger partial charge is 1.00 e. The van der Waals surface area contributed by atoms with Crippen LogP contribution in [0.15, 0.2) is 0 Å². The molecule has 1 rings (SSSR count). The minimum Gasteiger partial charge on any atom is -1.00 e. The van der Waals surface area contributed by atoms with Gasteiger partial charge in [-0.3, -0.25) is 0 Å². The molecular formula is C10H16ClF2NO2Zn. The van der Waals surface area contributed by atoms with E-state index in [-0.39, 0.29) is 44.9 Å². The van der Waals surface area contributed by atoms with Gasteiger partial charge in [0.2, 0.25) is 5.92 Å². The molecule has 0 aromatic carbocycles. The van der Waals surface area contributed by atoms with E-state index < -0.39 is 24.0 Å². The summed E-state index contributed by atoms with van der Waals surface area (Å²) in [5.74, 6) is -2.68. The second-order valence-corrected chi connectivity index (χ2v) is 4.67. The molecule has 0 radical (unpaired) electrons. The van der Waals surface area contributed by atoms with Crippen LogP contribution < -0.4 is 12.4 Å². The number of hydrogen-bond acceptors (Lipinski definition) is 2. The SMILES string of the molecule is CC(C)(C)OC(=O)N1[CH-]CC(F)(F)CC1.[Cl-].[Zn+2]. The summed E-state index contributed by atoms with van der Waals surface area (Å²) in [7, 11) is 0. The molecule has 1 aliphatic rings. The van der Waals surface area contributed by atoms with Crippen LogP contribution in [0.2, 0.25) is 0 Å². The first-order valence-electron chi connectivity index (χ1n) is 4.90. The maximum atomic E-state index is 12.8. The first-order valence-corrected chi connectivity index (χ1v) is 4.90. The van der Waals surface area contributed by atoms with Crippen LogP contribution in [0.3, 0.4) is 0 Å². The van der Waals surface area contributed by atoms with Crippen molar-refractivity contribution in [2.45, 2.75) is 45.1 Å². The second-order valence-electron chi connectivity index (χ2n) is 4.67. The van der Waals surface area contributed by atoms with Crippen LogP contribution in [0.1, 0.15) is 33.6 Å². The molecule has 0 spiro atoms. The molecule has 3 nitrogen and oxygen atoms in total. The summed E-state index contributed by atoms with van der Waals surface area (Å²) < 4.78 is 30.6.